The summed E-state index contributed by atoms with van der Waals surface area (Å²) in [7, 11) is 0. The summed E-state index contributed by atoms with van der Waals surface area (Å²) >= 11 is 0. The van der Waals surface area contributed by atoms with Gasteiger partial charge in [0.05, 0.1) is 5.60 Å². The molecule has 2 aliphatic rings. The zero-order valence-corrected chi connectivity index (χ0v) is 11.4. The molecule has 19 heavy (non-hydrogen) atoms. The Labute approximate surface area is 114 Å². The normalized spacial score (nSPS) is 30.6. The van der Waals surface area contributed by atoms with Gasteiger partial charge in [-0.05, 0) is 51.4 Å². The number of rotatable bonds is 3. The van der Waals surface area contributed by atoms with Crippen LogP contribution in [0, 0.1) is 0 Å². The molecule has 0 radical (unpaired) electrons. The van der Waals surface area contributed by atoms with E-state index in [1.807, 2.05) is 6.20 Å². The van der Waals surface area contributed by atoms with Crippen molar-refractivity contribution < 1.29 is 5.11 Å². The van der Waals surface area contributed by atoms with E-state index in [1.54, 1.807) is 0 Å². The average Bonchev–Trinajstić information content (AvgIpc) is 2.94. The predicted octanol–water partition coefficient (Wildman–Crippen LogP) is 0.704. The third-order valence-corrected chi connectivity index (χ3v) is 4.52. The van der Waals surface area contributed by atoms with Crippen molar-refractivity contribution in [1.82, 2.24) is 20.4 Å². The van der Waals surface area contributed by atoms with Crippen molar-refractivity contribution in [1.29, 1.82) is 0 Å². The van der Waals surface area contributed by atoms with Crippen LogP contribution in [0.5, 0.6) is 0 Å². The number of aromatic nitrogens is 2. The highest BCUT2D eigenvalue weighted by molar-refractivity contribution is 5.07. The first kappa shape index (κ1) is 13.1. The number of aliphatic hydroxyl groups is 1. The molecule has 1 aromatic rings. The second-order valence-corrected chi connectivity index (χ2v) is 6.07. The number of likely N-dealkylation sites (tertiary alicyclic amines) is 1. The van der Waals surface area contributed by atoms with Crippen molar-refractivity contribution in [3.8, 4) is 0 Å². The summed E-state index contributed by atoms with van der Waals surface area (Å²) in [5, 5.41) is 21.0. The van der Waals surface area contributed by atoms with Crippen molar-refractivity contribution in [3.63, 3.8) is 0 Å². The quantitative estimate of drug-likeness (QED) is 0.752. The number of piperidine rings is 2. The molecule has 0 amide bonds. The van der Waals surface area contributed by atoms with Crippen LogP contribution >= 0.6 is 0 Å². The van der Waals surface area contributed by atoms with E-state index in [0.29, 0.717) is 5.92 Å². The number of H-pyrrole nitrogens is 1. The van der Waals surface area contributed by atoms with E-state index < -0.39 is 5.60 Å². The summed E-state index contributed by atoms with van der Waals surface area (Å²) in [5.41, 5.74) is 0.747. The van der Waals surface area contributed by atoms with Gasteiger partial charge in [0.2, 0.25) is 0 Å². The van der Waals surface area contributed by atoms with E-state index >= 15 is 0 Å². The standard InChI is InChI=1S/C14H24N4O/c19-14(5-1-6-15-10-14)11-18-8-3-12(4-9-18)13-2-7-16-17-13/h2,7,12,15,19H,1,3-6,8-11H2,(H,16,17). The van der Waals surface area contributed by atoms with Crippen LogP contribution in [-0.2, 0) is 0 Å². The zero-order valence-electron chi connectivity index (χ0n) is 11.4. The summed E-state index contributed by atoms with van der Waals surface area (Å²) in [6.07, 6.45) is 6.16. The number of aromatic amines is 1. The average molecular weight is 264 g/mol. The Bertz CT molecular complexity index is 378. The summed E-state index contributed by atoms with van der Waals surface area (Å²) in [6.45, 7) is 4.76. The fourth-order valence-electron chi connectivity index (χ4n) is 3.40. The van der Waals surface area contributed by atoms with Crippen LogP contribution in [0.15, 0.2) is 12.3 Å². The fourth-order valence-corrected chi connectivity index (χ4v) is 3.40. The second-order valence-electron chi connectivity index (χ2n) is 6.07. The summed E-state index contributed by atoms with van der Waals surface area (Å²) in [6, 6.07) is 2.08. The molecular weight excluding hydrogens is 240 g/mol. The Morgan fingerprint density at radius 3 is 2.89 bits per heavy atom. The first-order chi connectivity index (χ1) is 9.25. The molecule has 3 heterocycles. The van der Waals surface area contributed by atoms with Crippen LogP contribution in [-0.4, -0.2) is 58.5 Å². The van der Waals surface area contributed by atoms with Crippen LogP contribution in [0.4, 0.5) is 0 Å². The Morgan fingerprint density at radius 2 is 2.26 bits per heavy atom. The van der Waals surface area contributed by atoms with Crippen molar-refractivity contribution in [2.75, 3.05) is 32.7 Å². The molecule has 2 fully saturated rings. The summed E-state index contributed by atoms with van der Waals surface area (Å²) in [5.74, 6) is 0.609. The van der Waals surface area contributed by atoms with Crippen LogP contribution in [0.2, 0.25) is 0 Å². The van der Waals surface area contributed by atoms with Gasteiger partial charge in [0.25, 0.3) is 0 Å². The molecule has 1 unspecified atom stereocenters. The highest BCUT2D eigenvalue weighted by atomic mass is 16.3. The fraction of sp³-hybridized carbons (Fsp3) is 0.786. The zero-order chi connectivity index (χ0) is 13.1. The third kappa shape index (κ3) is 3.16. The van der Waals surface area contributed by atoms with E-state index in [2.05, 4.69) is 26.5 Å². The van der Waals surface area contributed by atoms with E-state index in [-0.39, 0.29) is 0 Å². The van der Waals surface area contributed by atoms with Gasteiger partial charge < -0.3 is 15.3 Å². The monoisotopic (exact) mass is 264 g/mol. The van der Waals surface area contributed by atoms with E-state index in [4.69, 9.17) is 0 Å². The minimum Gasteiger partial charge on any atom is -0.387 e. The highest BCUT2D eigenvalue weighted by Gasteiger charge is 2.33. The summed E-state index contributed by atoms with van der Waals surface area (Å²) in [4.78, 5) is 2.42. The Hall–Kier alpha value is -0.910. The molecule has 0 spiro atoms. The molecule has 0 aromatic carbocycles. The number of β-amino-alcohol motifs (C(OH)–C–C–N with tert-alkyl or cyclic N) is 1. The van der Waals surface area contributed by atoms with E-state index in [1.165, 1.54) is 5.69 Å². The Kier molecular flexibility index (Phi) is 3.86. The van der Waals surface area contributed by atoms with Crippen molar-refractivity contribution in [2.45, 2.75) is 37.2 Å². The van der Waals surface area contributed by atoms with Crippen molar-refractivity contribution in [3.05, 3.63) is 18.0 Å². The largest absolute Gasteiger partial charge is 0.387 e. The molecule has 0 aliphatic carbocycles. The first-order valence-electron chi connectivity index (χ1n) is 7.40. The number of hydrogen-bond acceptors (Lipinski definition) is 4. The van der Waals surface area contributed by atoms with Crippen molar-refractivity contribution in [2.24, 2.45) is 0 Å². The van der Waals surface area contributed by atoms with E-state index in [0.717, 1.165) is 58.4 Å². The lowest BCUT2D eigenvalue weighted by Crippen LogP contribution is -2.54. The number of hydrogen-bond donors (Lipinski definition) is 3. The van der Waals surface area contributed by atoms with Gasteiger partial charge in [0.1, 0.15) is 0 Å². The van der Waals surface area contributed by atoms with E-state index in [9.17, 15) is 5.11 Å². The van der Waals surface area contributed by atoms with Crippen LogP contribution < -0.4 is 5.32 Å². The molecular formula is C14H24N4O. The molecule has 1 atom stereocenters. The van der Waals surface area contributed by atoms with Gasteiger partial charge in [-0.25, -0.2) is 0 Å². The van der Waals surface area contributed by atoms with Gasteiger partial charge >= 0.3 is 0 Å². The molecule has 106 valence electrons. The van der Waals surface area contributed by atoms with Gasteiger partial charge in [0.15, 0.2) is 0 Å². The van der Waals surface area contributed by atoms with Crippen LogP contribution in [0.25, 0.3) is 0 Å². The molecule has 1 aromatic heterocycles. The highest BCUT2D eigenvalue weighted by Crippen LogP contribution is 2.28. The lowest BCUT2D eigenvalue weighted by molar-refractivity contribution is -0.0204. The second kappa shape index (κ2) is 5.61. The predicted molar refractivity (Wildman–Crippen MR) is 74.1 cm³/mol. The maximum atomic E-state index is 10.6. The SMILES string of the molecule is OC1(CN2CCC(c3ccn[nH]3)CC2)CCCNC1. The molecule has 3 rings (SSSR count). The first-order valence-corrected chi connectivity index (χ1v) is 7.40. The number of nitrogens with zero attached hydrogens (tertiary/aromatic N) is 2. The van der Waals surface area contributed by atoms with Gasteiger partial charge in [0, 0.05) is 30.9 Å². The Morgan fingerprint density at radius 1 is 1.42 bits per heavy atom. The molecule has 2 aliphatic heterocycles. The van der Waals surface area contributed by atoms with Crippen LogP contribution in [0.3, 0.4) is 0 Å². The van der Waals surface area contributed by atoms with Crippen molar-refractivity contribution >= 4 is 0 Å². The van der Waals surface area contributed by atoms with Crippen LogP contribution in [0.1, 0.15) is 37.3 Å². The topological polar surface area (TPSA) is 64.2 Å². The maximum Gasteiger partial charge on any atom is 0.0898 e. The molecule has 5 heteroatoms. The van der Waals surface area contributed by atoms with Gasteiger partial charge in [-0.2, -0.15) is 5.10 Å². The smallest absolute Gasteiger partial charge is 0.0898 e. The van der Waals surface area contributed by atoms with Gasteiger partial charge in [-0.1, -0.05) is 0 Å². The number of nitrogens with one attached hydrogen (secondary N) is 2. The minimum absolute atomic E-state index is 0.515. The third-order valence-electron chi connectivity index (χ3n) is 4.52. The molecule has 0 saturated carbocycles. The molecule has 0 bridgehead atoms. The maximum absolute atomic E-state index is 10.6. The Balaban J connectivity index is 1.50. The van der Waals surface area contributed by atoms with Gasteiger partial charge in [-0.15, -0.1) is 0 Å². The lowest BCUT2D eigenvalue weighted by atomic mass is 9.90. The lowest BCUT2D eigenvalue weighted by Gasteiger charge is -2.40. The molecule has 3 N–H and O–H groups in total. The van der Waals surface area contributed by atoms with Gasteiger partial charge in [-0.3, -0.25) is 5.10 Å². The molecule has 5 nitrogen and oxygen atoms in total. The minimum atomic E-state index is -0.515. The molecule has 2 saturated heterocycles. The summed E-state index contributed by atoms with van der Waals surface area (Å²) < 4.78 is 0.